The molecule has 5 heteroatoms. The van der Waals surface area contributed by atoms with Gasteiger partial charge in [0.05, 0.1) is 19.1 Å². The SMILES string of the molecule is COc1ccc2c(c1)OC[C@H](C(=O)NCC[C@H]1CCCO1)C2. The van der Waals surface area contributed by atoms with Gasteiger partial charge in [-0.25, -0.2) is 0 Å². The summed E-state index contributed by atoms with van der Waals surface area (Å²) in [5, 5.41) is 3.01. The second-order valence-corrected chi connectivity index (χ2v) is 5.90. The minimum atomic E-state index is -0.120. The van der Waals surface area contributed by atoms with Crippen molar-refractivity contribution < 1.29 is 19.0 Å². The minimum Gasteiger partial charge on any atom is -0.497 e. The third-order valence-corrected chi connectivity index (χ3v) is 4.34. The van der Waals surface area contributed by atoms with Crippen LogP contribution in [0.3, 0.4) is 0 Å². The Morgan fingerprint density at radius 1 is 1.45 bits per heavy atom. The van der Waals surface area contributed by atoms with E-state index in [1.807, 2.05) is 18.2 Å². The van der Waals surface area contributed by atoms with Crippen LogP contribution in [-0.2, 0) is 16.0 Å². The fraction of sp³-hybridized carbons (Fsp3) is 0.588. The number of fused-ring (bicyclic) bond motifs is 1. The van der Waals surface area contributed by atoms with Crippen molar-refractivity contribution in [2.24, 2.45) is 5.92 Å². The summed E-state index contributed by atoms with van der Waals surface area (Å²) in [6.07, 6.45) is 4.17. The van der Waals surface area contributed by atoms with Gasteiger partial charge >= 0.3 is 0 Å². The maximum absolute atomic E-state index is 12.2. The maximum atomic E-state index is 12.2. The lowest BCUT2D eigenvalue weighted by molar-refractivity contribution is -0.126. The van der Waals surface area contributed by atoms with Gasteiger partial charge in [0.25, 0.3) is 0 Å². The average Bonchev–Trinajstić information content (AvgIpc) is 3.07. The first-order valence-corrected chi connectivity index (χ1v) is 7.95. The van der Waals surface area contributed by atoms with E-state index in [0.717, 1.165) is 42.9 Å². The Morgan fingerprint density at radius 2 is 2.36 bits per heavy atom. The van der Waals surface area contributed by atoms with Crippen molar-refractivity contribution in [1.82, 2.24) is 5.32 Å². The Morgan fingerprint density at radius 3 is 3.14 bits per heavy atom. The third-order valence-electron chi connectivity index (χ3n) is 4.34. The predicted octanol–water partition coefficient (Wildman–Crippen LogP) is 1.93. The number of methoxy groups -OCH3 is 1. The van der Waals surface area contributed by atoms with Crippen molar-refractivity contribution in [2.45, 2.75) is 31.8 Å². The second kappa shape index (κ2) is 7.01. The first kappa shape index (κ1) is 15.2. The van der Waals surface area contributed by atoms with Gasteiger partial charge in [0.1, 0.15) is 18.1 Å². The van der Waals surface area contributed by atoms with E-state index in [1.54, 1.807) is 7.11 Å². The summed E-state index contributed by atoms with van der Waals surface area (Å²) < 4.78 is 16.5. The molecule has 1 amide bonds. The summed E-state index contributed by atoms with van der Waals surface area (Å²) >= 11 is 0. The van der Waals surface area contributed by atoms with Crippen molar-refractivity contribution >= 4 is 5.91 Å². The van der Waals surface area contributed by atoms with Crippen LogP contribution < -0.4 is 14.8 Å². The minimum absolute atomic E-state index is 0.0689. The van der Waals surface area contributed by atoms with Gasteiger partial charge in [-0.3, -0.25) is 4.79 Å². The van der Waals surface area contributed by atoms with E-state index in [1.165, 1.54) is 0 Å². The molecule has 0 aliphatic carbocycles. The van der Waals surface area contributed by atoms with E-state index in [0.29, 0.717) is 25.7 Å². The van der Waals surface area contributed by atoms with Gasteiger partial charge in [-0.1, -0.05) is 6.07 Å². The average molecular weight is 305 g/mol. The quantitative estimate of drug-likeness (QED) is 0.903. The Labute approximate surface area is 130 Å². The summed E-state index contributed by atoms with van der Waals surface area (Å²) in [7, 11) is 1.63. The number of amides is 1. The van der Waals surface area contributed by atoms with Crippen LogP contribution in [0.25, 0.3) is 0 Å². The number of nitrogens with one attached hydrogen (secondary N) is 1. The molecule has 5 nitrogen and oxygen atoms in total. The number of carbonyl (C=O) groups excluding carboxylic acids is 1. The van der Waals surface area contributed by atoms with Crippen LogP contribution in [0.2, 0.25) is 0 Å². The largest absolute Gasteiger partial charge is 0.497 e. The summed E-state index contributed by atoms with van der Waals surface area (Å²) in [6, 6.07) is 5.75. The number of ether oxygens (including phenoxy) is 3. The van der Waals surface area contributed by atoms with Crippen LogP contribution in [0, 0.1) is 5.92 Å². The number of rotatable bonds is 5. The lowest BCUT2D eigenvalue weighted by Crippen LogP contribution is -2.38. The maximum Gasteiger partial charge on any atom is 0.226 e. The number of hydrogen-bond acceptors (Lipinski definition) is 4. The molecule has 1 aromatic carbocycles. The molecule has 0 unspecified atom stereocenters. The first-order valence-electron chi connectivity index (χ1n) is 7.95. The van der Waals surface area contributed by atoms with Gasteiger partial charge in [-0.2, -0.15) is 0 Å². The topological polar surface area (TPSA) is 56.8 Å². The highest BCUT2D eigenvalue weighted by molar-refractivity contribution is 5.79. The zero-order valence-electron chi connectivity index (χ0n) is 13.0. The van der Waals surface area contributed by atoms with Gasteiger partial charge in [-0.05, 0) is 37.3 Å². The van der Waals surface area contributed by atoms with Crippen LogP contribution >= 0.6 is 0 Å². The molecule has 2 atom stereocenters. The third kappa shape index (κ3) is 3.53. The zero-order valence-corrected chi connectivity index (χ0v) is 13.0. The summed E-state index contributed by atoms with van der Waals surface area (Å²) in [6.45, 7) is 1.96. The first-order chi connectivity index (χ1) is 10.8. The smallest absolute Gasteiger partial charge is 0.226 e. The molecule has 1 fully saturated rings. The normalized spacial score (nSPS) is 23.5. The van der Waals surface area contributed by atoms with Gasteiger partial charge in [-0.15, -0.1) is 0 Å². The molecule has 0 spiro atoms. The van der Waals surface area contributed by atoms with E-state index in [2.05, 4.69) is 5.32 Å². The van der Waals surface area contributed by atoms with Crippen molar-refractivity contribution in [1.29, 1.82) is 0 Å². The van der Waals surface area contributed by atoms with Crippen LogP contribution in [0.15, 0.2) is 18.2 Å². The van der Waals surface area contributed by atoms with Gasteiger partial charge in [0, 0.05) is 19.2 Å². The Kier molecular flexibility index (Phi) is 4.83. The zero-order chi connectivity index (χ0) is 15.4. The molecular weight excluding hydrogens is 282 g/mol. The van der Waals surface area contributed by atoms with Crippen LogP contribution in [0.1, 0.15) is 24.8 Å². The molecule has 2 aliphatic heterocycles. The van der Waals surface area contributed by atoms with E-state index < -0.39 is 0 Å². The highest BCUT2D eigenvalue weighted by Crippen LogP contribution is 2.31. The predicted molar refractivity (Wildman–Crippen MR) is 82.3 cm³/mol. The lowest BCUT2D eigenvalue weighted by Gasteiger charge is -2.25. The summed E-state index contributed by atoms with van der Waals surface area (Å²) in [4.78, 5) is 12.2. The molecular formula is C17H23NO4. The van der Waals surface area contributed by atoms with Crippen LogP contribution in [0.5, 0.6) is 11.5 Å². The molecule has 2 heterocycles. The number of carbonyl (C=O) groups is 1. The molecule has 0 saturated carbocycles. The summed E-state index contributed by atoms with van der Waals surface area (Å²) in [5.74, 6) is 1.55. The van der Waals surface area contributed by atoms with Gasteiger partial charge in [0.2, 0.25) is 5.91 Å². The molecule has 1 saturated heterocycles. The van der Waals surface area contributed by atoms with Crippen molar-refractivity contribution in [3.8, 4) is 11.5 Å². The molecule has 0 aromatic heterocycles. The molecule has 3 rings (SSSR count). The van der Waals surface area contributed by atoms with Crippen molar-refractivity contribution in [2.75, 3.05) is 26.9 Å². The van der Waals surface area contributed by atoms with E-state index in [4.69, 9.17) is 14.2 Å². The highest BCUT2D eigenvalue weighted by atomic mass is 16.5. The van der Waals surface area contributed by atoms with Gasteiger partial charge < -0.3 is 19.5 Å². The van der Waals surface area contributed by atoms with E-state index in [9.17, 15) is 4.79 Å². The molecule has 0 radical (unpaired) electrons. The molecule has 2 aliphatic rings. The fourth-order valence-corrected chi connectivity index (χ4v) is 3.02. The van der Waals surface area contributed by atoms with E-state index >= 15 is 0 Å². The fourth-order valence-electron chi connectivity index (χ4n) is 3.02. The van der Waals surface area contributed by atoms with Crippen molar-refractivity contribution in [3.05, 3.63) is 23.8 Å². The molecule has 1 N–H and O–H groups in total. The Hall–Kier alpha value is -1.75. The number of benzene rings is 1. The lowest BCUT2D eigenvalue weighted by atomic mass is 9.96. The second-order valence-electron chi connectivity index (χ2n) is 5.90. The Bertz CT molecular complexity index is 525. The van der Waals surface area contributed by atoms with E-state index in [-0.39, 0.29) is 11.8 Å². The standard InChI is InChI=1S/C17H23NO4/c1-20-15-5-4-12-9-13(11-22-16(12)10-15)17(19)18-7-6-14-3-2-8-21-14/h4-5,10,13-14H,2-3,6-9,11H2,1H3,(H,18,19)/t13-,14-/m1/s1. The molecule has 1 aromatic rings. The summed E-state index contributed by atoms with van der Waals surface area (Å²) in [5.41, 5.74) is 1.06. The monoisotopic (exact) mass is 305 g/mol. The van der Waals surface area contributed by atoms with Crippen LogP contribution in [-0.4, -0.2) is 38.9 Å². The van der Waals surface area contributed by atoms with Gasteiger partial charge in [0.15, 0.2) is 0 Å². The molecule has 120 valence electrons. The molecule has 22 heavy (non-hydrogen) atoms. The Balaban J connectivity index is 1.49. The highest BCUT2D eigenvalue weighted by Gasteiger charge is 2.26. The van der Waals surface area contributed by atoms with Crippen LogP contribution in [0.4, 0.5) is 0 Å². The van der Waals surface area contributed by atoms with Crippen molar-refractivity contribution in [3.63, 3.8) is 0 Å². The molecule has 0 bridgehead atoms. The number of hydrogen-bond donors (Lipinski definition) is 1.